The highest BCUT2D eigenvalue weighted by atomic mass is 79.9. The summed E-state index contributed by atoms with van der Waals surface area (Å²) in [6.07, 6.45) is 1.00. The summed E-state index contributed by atoms with van der Waals surface area (Å²) in [6, 6.07) is 0.0625. The van der Waals surface area contributed by atoms with Crippen LogP contribution < -0.4 is 10.2 Å². The highest BCUT2D eigenvalue weighted by Gasteiger charge is 2.34. The summed E-state index contributed by atoms with van der Waals surface area (Å²) in [5, 5.41) is 14.8. The fraction of sp³-hybridized carbons (Fsp3) is 0.611. The van der Waals surface area contributed by atoms with Crippen molar-refractivity contribution in [2.24, 2.45) is 0 Å². The predicted molar refractivity (Wildman–Crippen MR) is 116 cm³/mol. The van der Waals surface area contributed by atoms with Gasteiger partial charge >= 0.3 is 0 Å². The lowest BCUT2D eigenvalue weighted by atomic mass is 10.0. The van der Waals surface area contributed by atoms with Crippen LogP contribution in [0.25, 0.3) is 10.9 Å². The first-order valence-electron chi connectivity index (χ1n) is 9.44. The summed E-state index contributed by atoms with van der Waals surface area (Å²) in [4.78, 5) is 15.3. The molecule has 0 saturated carbocycles. The lowest BCUT2D eigenvalue weighted by molar-refractivity contribution is 0.123. The van der Waals surface area contributed by atoms with Gasteiger partial charge in [0.05, 0.1) is 17.5 Å². The fourth-order valence-corrected chi connectivity index (χ4v) is 4.82. The number of aliphatic hydroxyl groups is 1. The maximum Gasteiger partial charge on any atom is 0.190 e. The van der Waals surface area contributed by atoms with Crippen LogP contribution in [0.5, 0.6) is 0 Å². The fourth-order valence-electron chi connectivity index (χ4n) is 3.44. The quantitative estimate of drug-likeness (QED) is 0.358. The second-order valence-electron chi connectivity index (χ2n) is 6.70. The predicted octanol–water partition coefficient (Wildman–Crippen LogP) is 4.02. The Hall–Kier alpha value is -0.740. The molecule has 0 aromatic carbocycles. The Morgan fingerprint density at radius 2 is 2.11 bits per heavy atom. The Kier molecular flexibility index (Phi) is 7.36. The second-order valence-corrected chi connectivity index (χ2v) is 9.04. The first kappa shape index (κ1) is 22.0. The van der Waals surface area contributed by atoms with E-state index in [4.69, 9.17) is 16.6 Å². The molecule has 0 bridgehead atoms. The molecule has 10 heteroatoms. The topological polar surface area (TPSA) is 74.2 Å². The maximum atomic E-state index is 14.8. The van der Waals surface area contributed by atoms with Crippen molar-refractivity contribution in [3.63, 3.8) is 0 Å². The molecule has 1 fully saturated rings. The van der Waals surface area contributed by atoms with Gasteiger partial charge in [-0.05, 0) is 34.5 Å². The molecular formula is C18H24BrClFN5OS. The smallest absolute Gasteiger partial charge is 0.190 e. The molecule has 154 valence electrons. The van der Waals surface area contributed by atoms with Gasteiger partial charge in [0, 0.05) is 19.1 Å². The van der Waals surface area contributed by atoms with Gasteiger partial charge in [0.15, 0.2) is 16.1 Å². The van der Waals surface area contributed by atoms with Crippen LogP contribution in [-0.4, -0.2) is 57.1 Å². The van der Waals surface area contributed by atoms with Gasteiger partial charge in [0.1, 0.15) is 15.9 Å². The van der Waals surface area contributed by atoms with Crippen molar-refractivity contribution in [1.29, 1.82) is 0 Å². The standard InChI is InChI=1S/C18H24BrClFN5OS/c1-4-9-8-26(10(7-22-9)11(27)5-2)17-12-14(23-18(25-17)28-6-3)13(21)16(20)24-15(12)19/h9-11,22,27H,4-8H2,1-3H3/t9-,10+,11+/m1/s1. The van der Waals surface area contributed by atoms with Gasteiger partial charge in [0.25, 0.3) is 0 Å². The summed E-state index contributed by atoms with van der Waals surface area (Å²) < 4.78 is 15.2. The van der Waals surface area contributed by atoms with Crippen LogP contribution in [0.4, 0.5) is 10.2 Å². The monoisotopic (exact) mass is 491 g/mol. The number of aromatic nitrogens is 3. The van der Waals surface area contributed by atoms with E-state index in [-0.39, 0.29) is 22.8 Å². The molecule has 3 heterocycles. The van der Waals surface area contributed by atoms with Gasteiger partial charge in [-0.25, -0.2) is 19.3 Å². The highest BCUT2D eigenvalue weighted by molar-refractivity contribution is 9.10. The number of anilines is 1. The number of hydrogen-bond acceptors (Lipinski definition) is 7. The molecule has 0 unspecified atom stereocenters. The number of fused-ring (bicyclic) bond motifs is 1. The van der Waals surface area contributed by atoms with Crippen molar-refractivity contribution in [2.45, 2.75) is 57.0 Å². The van der Waals surface area contributed by atoms with Crippen molar-refractivity contribution in [2.75, 3.05) is 23.7 Å². The van der Waals surface area contributed by atoms with E-state index in [0.717, 1.165) is 12.2 Å². The van der Waals surface area contributed by atoms with Crippen molar-refractivity contribution >= 4 is 56.0 Å². The van der Waals surface area contributed by atoms with Crippen molar-refractivity contribution in [3.05, 3.63) is 15.6 Å². The minimum absolute atomic E-state index is 0.143. The van der Waals surface area contributed by atoms with E-state index in [2.05, 4.69) is 43.0 Å². The Labute approximate surface area is 181 Å². The van der Waals surface area contributed by atoms with Gasteiger partial charge < -0.3 is 15.3 Å². The molecule has 1 aliphatic rings. The van der Waals surface area contributed by atoms with E-state index in [1.54, 1.807) is 0 Å². The zero-order valence-electron chi connectivity index (χ0n) is 16.0. The average molecular weight is 493 g/mol. The molecule has 2 aromatic heterocycles. The van der Waals surface area contributed by atoms with Crippen LogP contribution in [0.1, 0.15) is 33.6 Å². The summed E-state index contributed by atoms with van der Waals surface area (Å²) in [6.45, 7) is 7.32. The van der Waals surface area contributed by atoms with E-state index in [1.807, 2.05) is 13.8 Å². The van der Waals surface area contributed by atoms with Crippen LogP contribution in [0.15, 0.2) is 9.76 Å². The average Bonchev–Trinajstić information content (AvgIpc) is 2.70. The minimum Gasteiger partial charge on any atom is -0.391 e. The number of thioether (sulfide) groups is 1. The molecule has 3 atom stereocenters. The van der Waals surface area contributed by atoms with Crippen LogP contribution in [0, 0.1) is 5.82 Å². The Bertz CT molecular complexity index is 861. The molecule has 0 spiro atoms. The van der Waals surface area contributed by atoms with Crippen LogP contribution >= 0.6 is 39.3 Å². The third kappa shape index (κ3) is 4.23. The van der Waals surface area contributed by atoms with E-state index < -0.39 is 11.9 Å². The lowest BCUT2D eigenvalue weighted by Crippen LogP contribution is -2.60. The first-order chi connectivity index (χ1) is 13.4. The normalized spacial score (nSPS) is 21.3. The zero-order chi connectivity index (χ0) is 20.4. The first-order valence-corrected chi connectivity index (χ1v) is 11.6. The minimum atomic E-state index is -0.656. The zero-order valence-corrected chi connectivity index (χ0v) is 19.2. The number of nitrogens with one attached hydrogen (secondary N) is 1. The van der Waals surface area contributed by atoms with Gasteiger partial charge in [-0.3, -0.25) is 0 Å². The Balaban J connectivity index is 2.24. The third-order valence-electron chi connectivity index (χ3n) is 4.99. The number of rotatable bonds is 6. The number of piperazine rings is 1. The molecule has 6 nitrogen and oxygen atoms in total. The summed E-state index contributed by atoms with van der Waals surface area (Å²) in [5.41, 5.74) is 0.143. The van der Waals surface area contributed by atoms with Crippen LogP contribution in [0.2, 0.25) is 5.15 Å². The largest absolute Gasteiger partial charge is 0.391 e. The molecular weight excluding hydrogens is 469 g/mol. The maximum absolute atomic E-state index is 14.8. The molecule has 1 saturated heterocycles. The molecule has 0 aliphatic carbocycles. The van der Waals surface area contributed by atoms with E-state index in [9.17, 15) is 9.50 Å². The van der Waals surface area contributed by atoms with Crippen molar-refractivity contribution in [1.82, 2.24) is 20.3 Å². The molecule has 2 aromatic rings. The highest BCUT2D eigenvalue weighted by Crippen LogP contribution is 2.37. The van der Waals surface area contributed by atoms with E-state index in [0.29, 0.717) is 40.5 Å². The van der Waals surface area contributed by atoms with E-state index in [1.165, 1.54) is 11.8 Å². The van der Waals surface area contributed by atoms with Crippen molar-refractivity contribution in [3.8, 4) is 0 Å². The van der Waals surface area contributed by atoms with Gasteiger partial charge in [-0.15, -0.1) is 0 Å². The van der Waals surface area contributed by atoms with Crippen LogP contribution in [0.3, 0.4) is 0 Å². The molecule has 0 radical (unpaired) electrons. The molecule has 1 aliphatic heterocycles. The lowest BCUT2D eigenvalue weighted by Gasteiger charge is -2.43. The number of nitrogens with zero attached hydrogens (tertiary/aromatic N) is 4. The third-order valence-corrected chi connectivity index (χ3v) is 6.55. The Morgan fingerprint density at radius 1 is 1.36 bits per heavy atom. The molecule has 3 rings (SSSR count). The number of aliphatic hydroxyl groups excluding tert-OH is 1. The number of hydrogen-bond donors (Lipinski definition) is 2. The van der Waals surface area contributed by atoms with Gasteiger partial charge in [-0.1, -0.05) is 44.1 Å². The van der Waals surface area contributed by atoms with Crippen molar-refractivity contribution < 1.29 is 9.50 Å². The van der Waals surface area contributed by atoms with Crippen LogP contribution in [-0.2, 0) is 0 Å². The van der Waals surface area contributed by atoms with Gasteiger partial charge in [0.2, 0.25) is 0 Å². The number of halogens is 3. The molecule has 0 amide bonds. The summed E-state index contributed by atoms with van der Waals surface area (Å²) in [7, 11) is 0. The SMILES string of the molecule is CCSc1nc(N2C[C@@H](CC)NC[C@H]2[C@@H](O)CC)c2c(Br)nc(Cl)c(F)c2n1. The Morgan fingerprint density at radius 3 is 2.75 bits per heavy atom. The summed E-state index contributed by atoms with van der Waals surface area (Å²) >= 11 is 10.8. The number of pyridine rings is 1. The van der Waals surface area contributed by atoms with E-state index >= 15 is 0 Å². The second kappa shape index (κ2) is 9.38. The summed E-state index contributed by atoms with van der Waals surface area (Å²) in [5.74, 6) is 0.678. The molecule has 28 heavy (non-hydrogen) atoms. The molecule has 2 N–H and O–H groups in total. The van der Waals surface area contributed by atoms with Gasteiger partial charge in [-0.2, -0.15) is 0 Å².